The van der Waals surface area contributed by atoms with Crippen molar-refractivity contribution in [2.75, 3.05) is 0 Å². The van der Waals surface area contributed by atoms with Gasteiger partial charge in [-0.25, -0.2) is 8.78 Å². The molecule has 0 spiro atoms. The van der Waals surface area contributed by atoms with Crippen LogP contribution in [0, 0.1) is 11.6 Å². The van der Waals surface area contributed by atoms with Gasteiger partial charge in [0.2, 0.25) is 0 Å². The van der Waals surface area contributed by atoms with Crippen LogP contribution in [0.4, 0.5) is 8.78 Å². The number of aliphatic hydroxyl groups is 1. The molecule has 0 heterocycles. The summed E-state index contributed by atoms with van der Waals surface area (Å²) in [5.41, 5.74) is 1.35. The molecule has 1 nitrogen and oxygen atoms in total. The van der Waals surface area contributed by atoms with Gasteiger partial charge in [-0.15, -0.1) is 0 Å². The average Bonchev–Trinajstić information content (AvgIpc) is 2.30. The largest absolute Gasteiger partial charge is 0.388 e. The van der Waals surface area contributed by atoms with Gasteiger partial charge in [0.1, 0.15) is 11.6 Å². The van der Waals surface area contributed by atoms with E-state index < -0.39 is 17.7 Å². The first-order chi connectivity index (χ1) is 8.16. The first kappa shape index (κ1) is 12.2. The molecule has 1 aromatic carbocycles. The third-order valence-electron chi connectivity index (χ3n) is 3.16. The summed E-state index contributed by atoms with van der Waals surface area (Å²) in [4.78, 5) is 0. The predicted octanol–water partition coefficient (Wildman–Crippen LogP) is 3.89. The lowest BCUT2D eigenvalue weighted by Gasteiger charge is -2.17. The summed E-state index contributed by atoms with van der Waals surface area (Å²) in [7, 11) is 0. The molecule has 0 amide bonds. The monoisotopic (exact) mass is 238 g/mol. The number of hydrogen-bond acceptors (Lipinski definition) is 1. The van der Waals surface area contributed by atoms with E-state index in [4.69, 9.17) is 0 Å². The third kappa shape index (κ3) is 3.13. The summed E-state index contributed by atoms with van der Waals surface area (Å²) in [5.74, 6) is -1.29. The summed E-state index contributed by atoms with van der Waals surface area (Å²) in [6.45, 7) is 0. The summed E-state index contributed by atoms with van der Waals surface area (Å²) < 4.78 is 26.2. The Morgan fingerprint density at radius 1 is 1.24 bits per heavy atom. The maximum atomic E-state index is 13.4. The Balaban J connectivity index is 2.08. The van der Waals surface area contributed by atoms with Crippen molar-refractivity contribution in [2.24, 2.45) is 0 Å². The van der Waals surface area contributed by atoms with E-state index >= 15 is 0 Å². The molecule has 1 aliphatic rings. The topological polar surface area (TPSA) is 20.2 Å². The highest BCUT2D eigenvalue weighted by Crippen LogP contribution is 2.28. The van der Waals surface area contributed by atoms with Crippen LogP contribution in [0.1, 0.15) is 43.8 Å². The van der Waals surface area contributed by atoms with Crippen molar-refractivity contribution in [1.82, 2.24) is 0 Å². The van der Waals surface area contributed by atoms with Gasteiger partial charge in [0, 0.05) is 11.6 Å². The summed E-state index contributed by atoms with van der Waals surface area (Å²) in [6.07, 6.45) is 6.01. The summed E-state index contributed by atoms with van der Waals surface area (Å²) >= 11 is 0. The van der Waals surface area contributed by atoms with Crippen LogP contribution >= 0.6 is 0 Å². The van der Waals surface area contributed by atoms with E-state index in [0.29, 0.717) is 6.42 Å². The molecule has 1 unspecified atom stereocenters. The molecule has 0 saturated heterocycles. The second kappa shape index (κ2) is 5.41. The highest BCUT2D eigenvalue weighted by molar-refractivity contribution is 5.22. The SMILES string of the molecule is OC(CC1=CCCCC1)c1ccc(F)cc1F. The van der Waals surface area contributed by atoms with Crippen LogP contribution in [0.5, 0.6) is 0 Å². The van der Waals surface area contributed by atoms with Crippen molar-refractivity contribution < 1.29 is 13.9 Å². The quantitative estimate of drug-likeness (QED) is 0.792. The van der Waals surface area contributed by atoms with Crippen LogP contribution in [0.3, 0.4) is 0 Å². The van der Waals surface area contributed by atoms with Crippen molar-refractivity contribution in [3.05, 3.63) is 47.0 Å². The second-order valence-corrected chi connectivity index (χ2v) is 4.49. The Kier molecular flexibility index (Phi) is 3.89. The number of rotatable bonds is 3. The zero-order chi connectivity index (χ0) is 12.3. The smallest absolute Gasteiger partial charge is 0.131 e. The minimum absolute atomic E-state index is 0.179. The Bertz CT molecular complexity index is 426. The molecule has 1 atom stereocenters. The molecular weight excluding hydrogens is 222 g/mol. The molecule has 92 valence electrons. The van der Waals surface area contributed by atoms with E-state index in [9.17, 15) is 13.9 Å². The maximum Gasteiger partial charge on any atom is 0.131 e. The van der Waals surface area contributed by atoms with E-state index in [2.05, 4.69) is 6.08 Å². The molecule has 0 fully saturated rings. The van der Waals surface area contributed by atoms with Gasteiger partial charge in [-0.1, -0.05) is 17.7 Å². The number of halogens is 2. The van der Waals surface area contributed by atoms with Crippen molar-refractivity contribution in [1.29, 1.82) is 0 Å². The Morgan fingerprint density at radius 3 is 2.71 bits per heavy atom. The molecule has 2 rings (SSSR count). The van der Waals surface area contributed by atoms with Gasteiger partial charge in [0.05, 0.1) is 6.10 Å². The van der Waals surface area contributed by atoms with Gasteiger partial charge < -0.3 is 5.11 Å². The minimum atomic E-state index is -0.875. The molecule has 0 aromatic heterocycles. The van der Waals surface area contributed by atoms with Gasteiger partial charge in [0.15, 0.2) is 0 Å². The van der Waals surface area contributed by atoms with Crippen LogP contribution in [0.15, 0.2) is 29.8 Å². The number of benzene rings is 1. The minimum Gasteiger partial charge on any atom is -0.388 e. The third-order valence-corrected chi connectivity index (χ3v) is 3.16. The fraction of sp³-hybridized carbons (Fsp3) is 0.429. The summed E-state index contributed by atoms with van der Waals surface area (Å²) in [6, 6.07) is 3.31. The van der Waals surface area contributed by atoms with E-state index in [1.165, 1.54) is 24.1 Å². The van der Waals surface area contributed by atoms with Crippen molar-refractivity contribution in [2.45, 2.75) is 38.2 Å². The first-order valence-electron chi connectivity index (χ1n) is 5.98. The lowest BCUT2D eigenvalue weighted by Crippen LogP contribution is -2.04. The van der Waals surface area contributed by atoms with E-state index in [1.54, 1.807) is 0 Å². The van der Waals surface area contributed by atoms with Crippen molar-refractivity contribution in [3.8, 4) is 0 Å². The normalized spacial score (nSPS) is 17.7. The fourth-order valence-corrected chi connectivity index (χ4v) is 2.22. The molecule has 1 aromatic rings. The van der Waals surface area contributed by atoms with E-state index in [1.807, 2.05) is 0 Å². The molecule has 0 saturated carbocycles. The molecule has 0 radical (unpaired) electrons. The molecule has 17 heavy (non-hydrogen) atoms. The van der Waals surface area contributed by atoms with Crippen LogP contribution in [-0.2, 0) is 0 Å². The van der Waals surface area contributed by atoms with E-state index in [0.717, 1.165) is 25.3 Å². The van der Waals surface area contributed by atoms with Gasteiger partial charge in [-0.3, -0.25) is 0 Å². The maximum absolute atomic E-state index is 13.4. The predicted molar refractivity (Wildman–Crippen MR) is 62.5 cm³/mol. The molecular formula is C14H16F2O. The van der Waals surface area contributed by atoms with Gasteiger partial charge in [-0.05, 0) is 38.2 Å². The van der Waals surface area contributed by atoms with Gasteiger partial charge in [-0.2, -0.15) is 0 Å². The Morgan fingerprint density at radius 2 is 2.06 bits per heavy atom. The number of hydrogen-bond donors (Lipinski definition) is 1. The second-order valence-electron chi connectivity index (χ2n) is 4.49. The molecule has 3 heteroatoms. The summed E-state index contributed by atoms with van der Waals surface area (Å²) in [5, 5.41) is 9.94. The highest BCUT2D eigenvalue weighted by Gasteiger charge is 2.16. The van der Waals surface area contributed by atoms with E-state index in [-0.39, 0.29) is 5.56 Å². The van der Waals surface area contributed by atoms with Crippen LogP contribution < -0.4 is 0 Å². The van der Waals surface area contributed by atoms with Crippen LogP contribution in [0.25, 0.3) is 0 Å². The standard InChI is InChI=1S/C14H16F2O/c15-11-6-7-12(13(16)9-11)14(17)8-10-4-2-1-3-5-10/h4,6-7,9,14,17H,1-3,5,8H2. The zero-order valence-electron chi connectivity index (χ0n) is 9.63. The number of allylic oxidation sites excluding steroid dienone is 1. The zero-order valence-corrected chi connectivity index (χ0v) is 9.63. The number of aliphatic hydroxyl groups excluding tert-OH is 1. The molecule has 1 aliphatic carbocycles. The van der Waals surface area contributed by atoms with Crippen molar-refractivity contribution >= 4 is 0 Å². The Hall–Kier alpha value is -1.22. The Labute approximate surface area is 99.8 Å². The molecule has 0 aliphatic heterocycles. The van der Waals surface area contributed by atoms with Crippen LogP contribution in [-0.4, -0.2) is 5.11 Å². The van der Waals surface area contributed by atoms with Gasteiger partial charge >= 0.3 is 0 Å². The lowest BCUT2D eigenvalue weighted by molar-refractivity contribution is 0.171. The lowest BCUT2D eigenvalue weighted by atomic mass is 9.93. The van der Waals surface area contributed by atoms with Crippen LogP contribution in [0.2, 0.25) is 0 Å². The van der Waals surface area contributed by atoms with Gasteiger partial charge in [0.25, 0.3) is 0 Å². The highest BCUT2D eigenvalue weighted by atomic mass is 19.1. The molecule has 1 N–H and O–H groups in total. The van der Waals surface area contributed by atoms with Crippen molar-refractivity contribution in [3.63, 3.8) is 0 Å². The molecule has 0 bridgehead atoms. The first-order valence-corrected chi connectivity index (χ1v) is 5.98. The average molecular weight is 238 g/mol. The fourth-order valence-electron chi connectivity index (χ4n) is 2.22.